The second-order valence-corrected chi connectivity index (χ2v) is 6.32. The van der Waals surface area contributed by atoms with Crippen molar-refractivity contribution in [2.75, 3.05) is 29.2 Å². The van der Waals surface area contributed by atoms with Crippen molar-refractivity contribution in [1.29, 1.82) is 0 Å². The highest BCUT2D eigenvalue weighted by molar-refractivity contribution is 6.04. The molecule has 0 saturated carbocycles. The first kappa shape index (κ1) is 18.4. The molecule has 2 aromatic rings. The fourth-order valence-corrected chi connectivity index (χ4v) is 3.04. The molecular formula is C20H21N3O4. The SMILES string of the molecule is COc1ccccc1NC(=O)C1CC(=O)N(c2ccc(NC(C)=O)cc2)C1. The number of para-hydroxylation sites is 2. The summed E-state index contributed by atoms with van der Waals surface area (Å²) in [4.78, 5) is 37.6. The van der Waals surface area contributed by atoms with Gasteiger partial charge in [-0.05, 0) is 36.4 Å². The van der Waals surface area contributed by atoms with Gasteiger partial charge in [0.25, 0.3) is 0 Å². The lowest BCUT2D eigenvalue weighted by atomic mass is 10.1. The molecule has 0 spiro atoms. The van der Waals surface area contributed by atoms with Gasteiger partial charge in [0.2, 0.25) is 17.7 Å². The Morgan fingerprint density at radius 3 is 2.44 bits per heavy atom. The first-order valence-corrected chi connectivity index (χ1v) is 8.60. The maximum Gasteiger partial charge on any atom is 0.229 e. The Morgan fingerprint density at radius 1 is 1.07 bits per heavy atom. The second kappa shape index (κ2) is 7.90. The van der Waals surface area contributed by atoms with Crippen LogP contribution in [0.25, 0.3) is 0 Å². The summed E-state index contributed by atoms with van der Waals surface area (Å²) in [5, 5.41) is 5.52. The van der Waals surface area contributed by atoms with Crippen molar-refractivity contribution in [2.24, 2.45) is 5.92 Å². The zero-order valence-electron chi connectivity index (χ0n) is 15.2. The van der Waals surface area contributed by atoms with Crippen LogP contribution in [0.15, 0.2) is 48.5 Å². The van der Waals surface area contributed by atoms with Crippen molar-refractivity contribution in [3.05, 3.63) is 48.5 Å². The zero-order valence-corrected chi connectivity index (χ0v) is 15.2. The van der Waals surface area contributed by atoms with Gasteiger partial charge in [-0.3, -0.25) is 14.4 Å². The fraction of sp³-hybridized carbons (Fsp3) is 0.250. The molecule has 1 fully saturated rings. The number of methoxy groups -OCH3 is 1. The highest BCUT2D eigenvalue weighted by Gasteiger charge is 2.35. The minimum Gasteiger partial charge on any atom is -0.495 e. The molecule has 1 heterocycles. The van der Waals surface area contributed by atoms with Gasteiger partial charge in [0, 0.05) is 31.3 Å². The number of carbonyl (C=O) groups is 3. The van der Waals surface area contributed by atoms with Gasteiger partial charge in [-0.1, -0.05) is 12.1 Å². The average molecular weight is 367 g/mol. The first-order chi connectivity index (χ1) is 13.0. The average Bonchev–Trinajstić information content (AvgIpc) is 3.04. The van der Waals surface area contributed by atoms with Crippen molar-refractivity contribution >= 4 is 34.8 Å². The molecule has 7 nitrogen and oxygen atoms in total. The number of rotatable bonds is 5. The minimum absolute atomic E-state index is 0.109. The number of nitrogens with zero attached hydrogens (tertiary/aromatic N) is 1. The lowest BCUT2D eigenvalue weighted by Crippen LogP contribution is -2.28. The molecule has 1 aliphatic heterocycles. The van der Waals surface area contributed by atoms with Crippen molar-refractivity contribution < 1.29 is 19.1 Å². The van der Waals surface area contributed by atoms with E-state index in [9.17, 15) is 14.4 Å². The third-order valence-corrected chi connectivity index (χ3v) is 4.36. The quantitative estimate of drug-likeness (QED) is 0.850. The standard InChI is InChI=1S/C20H21N3O4/c1-13(24)21-15-7-9-16(10-8-15)23-12-14(11-19(23)25)20(26)22-17-5-3-4-6-18(17)27-2/h3-10,14H,11-12H2,1-2H3,(H,21,24)(H,22,26). The second-order valence-electron chi connectivity index (χ2n) is 6.32. The Bertz CT molecular complexity index is 864. The molecule has 27 heavy (non-hydrogen) atoms. The number of carbonyl (C=O) groups excluding carboxylic acids is 3. The van der Waals surface area contributed by atoms with E-state index in [1.807, 2.05) is 6.07 Å². The summed E-state index contributed by atoms with van der Waals surface area (Å²) in [6.07, 6.45) is 0.147. The molecule has 1 saturated heterocycles. The topological polar surface area (TPSA) is 87.7 Å². The van der Waals surface area contributed by atoms with Crippen LogP contribution >= 0.6 is 0 Å². The third kappa shape index (κ3) is 4.25. The highest BCUT2D eigenvalue weighted by atomic mass is 16.5. The van der Waals surface area contributed by atoms with Crippen LogP contribution in [0.1, 0.15) is 13.3 Å². The number of ether oxygens (including phenoxy) is 1. The summed E-state index contributed by atoms with van der Waals surface area (Å²) in [6, 6.07) is 14.1. The van der Waals surface area contributed by atoms with E-state index in [-0.39, 0.29) is 24.1 Å². The van der Waals surface area contributed by atoms with Crippen LogP contribution < -0.4 is 20.3 Å². The van der Waals surface area contributed by atoms with Gasteiger partial charge in [0.05, 0.1) is 18.7 Å². The van der Waals surface area contributed by atoms with Gasteiger partial charge in [-0.25, -0.2) is 0 Å². The van der Waals surface area contributed by atoms with Crippen LogP contribution in [-0.4, -0.2) is 31.4 Å². The molecule has 140 valence electrons. The molecule has 3 rings (SSSR count). The van der Waals surface area contributed by atoms with Gasteiger partial charge in [-0.15, -0.1) is 0 Å². The maximum absolute atomic E-state index is 12.6. The van der Waals surface area contributed by atoms with E-state index in [1.165, 1.54) is 14.0 Å². The van der Waals surface area contributed by atoms with Crippen molar-refractivity contribution in [3.63, 3.8) is 0 Å². The van der Waals surface area contributed by atoms with Gasteiger partial charge < -0.3 is 20.3 Å². The lowest BCUT2D eigenvalue weighted by molar-refractivity contribution is -0.122. The van der Waals surface area contributed by atoms with E-state index in [2.05, 4.69) is 10.6 Å². The van der Waals surface area contributed by atoms with E-state index < -0.39 is 5.92 Å². The predicted octanol–water partition coefficient (Wildman–Crippen LogP) is 2.65. The van der Waals surface area contributed by atoms with Gasteiger partial charge in [0.1, 0.15) is 5.75 Å². The Balaban J connectivity index is 1.67. The number of hydrogen-bond acceptors (Lipinski definition) is 4. The smallest absolute Gasteiger partial charge is 0.229 e. The van der Waals surface area contributed by atoms with E-state index >= 15 is 0 Å². The predicted molar refractivity (Wildman–Crippen MR) is 103 cm³/mol. The Labute approximate surface area is 157 Å². The third-order valence-electron chi connectivity index (χ3n) is 4.36. The number of amides is 3. The van der Waals surface area contributed by atoms with E-state index in [0.29, 0.717) is 29.4 Å². The molecule has 0 bridgehead atoms. The molecule has 3 amide bonds. The number of hydrogen-bond donors (Lipinski definition) is 2. The summed E-state index contributed by atoms with van der Waals surface area (Å²) in [5.74, 6) is -0.362. The first-order valence-electron chi connectivity index (χ1n) is 8.60. The molecule has 2 aromatic carbocycles. The summed E-state index contributed by atoms with van der Waals surface area (Å²) in [7, 11) is 1.54. The van der Waals surface area contributed by atoms with Crippen molar-refractivity contribution in [3.8, 4) is 5.75 Å². The van der Waals surface area contributed by atoms with Crippen LogP contribution in [0.4, 0.5) is 17.1 Å². The molecule has 2 N–H and O–H groups in total. The number of anilines is 3. The maximum atomic E-state index is 12.6. The molecule has 0 aliphatic carbocycles. The van der Waals surface area contributed by atoms with Gasteiger partial charge in [0.15, 0.2) is 0 Å². The van der Waals surface area contributed by atoms with Crippen LogP contribution in [0.3, 0.4) is 0 Å². The zero-order chi connectivity index (χ0) is 19.4. The normalized spacial score (nSPS) is 16.1. The molecule has 7 heteroatoms. The Kier molecular flexibility index (Phi) is 5.40. The molecule has 1 atom stereocenters. The highest BCUT2D eigenvalue weighted by Crippen LogP contribution is 2.29. The monoisotopic (exact) mass is 367 g/mol. The molecule has 1 unspecified atom stereocenters. The summed E-state index contributed by atoms with van der Waals surface area (Å²) in [5.41, 5.74) is 1.93. The largest absolute Gasteiger partial charge is 0.495 e. The number of nitrogens with one attached hydrogen (secondary N) is 2. The van der Waals surface area contributed by atoms with Crippen molar-refractivity contribution in [2.45, 2.75) is 13.3 Å². The van der Waals surface area contributed by atoms with Crippen LogP contribution in [0.5, 0.6) is 5.75 Å². The fourth-order valence-electron chi connectivity index (χ4n) is 3.04. The molecule has 1 aliphatic rings. The summed E-state index contributed by atoms with van der Waals surface area (Å²) >= 11 is 0. The van der Waals surface area contributed by atoms with Crippen LogP contribution in [0.2, 0.25) is 0 Å². The summed E-state index contributed by atoms with van der Waals surface area (Å²) < 4.78 is 5.24. The minimum atomic E-state index is -0.447. The summed E-state index contributed by atoms with van der Waals surface area (Å²) in [6.45, 7) is 1.74. The van der Waals surface area contributed by atoms with Gasteiger partial charge in [-0.2, -0.15) is 0 Å². The van der Waals surface area contributed by atoms with Crippen LogP contribution in [0, 0.1) is 5.92 Å². The molecule has 0 radical (unpaired) electrons. The van der Waals surface area contributed by atoms with E-state index in [1.54, 1.807) is 47.4 Å². The van der Waals surface area contributed by atoms with E-state index in [4.69, 9.17) is 4.74 Å². The Hall–Kier alpha value is -3.35. The van der Waals surface area contributed by atoms with Crippen molar-refractivity contribution in [1.82, 2.24) is 0 Å². The Morgan fingerprint density at radius 2 is 1.78 bits per heavy atom. The molecular weight excluding hydrogens is 346 g/mol. The molecule has 0 aromatic heterocycles. The lowest BCUT2D eigenvalue weighted by Gasteiger charge is -2.17. The van der Waals surface area contributed by atoms with Crippen LogP contribution in [-0.2, 0) is 14.4 Å². The number of benzene rings is 2. The van der Waals surface area contributed by atoms with E-state index in [0.717, 1.165) is 0 Å². The van der Waals surface area contributed by atoms with Gasteiger partial charge >= 0.3 is 0 Å².